The molecule has 104 valence electrons. The van der Waals surface area contributed by atoms with Crippen molar-refractivity contribution in [3.8, 4) is 24.7 Å². The lowest BCUT2D eigenvalue weighted by atomic mass is 9.89. The summed E-state index contributed by atoms with van der Waals surface area (Å²) in [5.41, 5.74) is -0.978. The fourth-order valence-corrected chi connectivity index (χ4v) is 2.59. The molecule has 19 heavy (non-hydrogen) atoms. The Morgan fingerprint density at radius 3 is 2.58 bits per heavy atom. The molecule has 1 N–H and O–H groups in total. The summed E-state index contributed by atoms with van der Waals surface area (Å²) in [6.45, 7) is 3.38. The molecule has 5 heteroatoms. The van der Waals surface area contributed by atoms with Crippen LogP contribution in [0.1, 0.15) is 20.3 Å². The zero-order chi connectivity index (χ0) is 14.1. The fourth-order valence-electron chi connectivity index (χ4n) is 2.59. The van der Waals surface area contributed by atoms with Gasteiger partial charge in [0.1, 0.15) is 24.4 Å². The summed E-state index contributed by atoms with van der Waals surface area (Å²) in [4.78, 5) is 0. The predicted molar refractivity (Wildman–Crippen MR) is 66.7 cm³/mol. The number of ether oxygens (including phenoxy) is 4. The van der Waals surface area contributed by atoms with Gasteiger partial charge in [0.15, 0.2) is 12.1 Å². The average molecular weight is 266 g/mol. The number of aliphatic hydroxyl groups excluding tert-OH is 1. The standard InChI is InChI=1S/C14H18O5/c1-5-7-14(16-8-6-2)10(9-15)17-12-11(14)18-13(3,4)19-12/h1-2,10-12,15H,7-9H2,3-4H3/t10-,11+,12-,14-/m1/s1. The molecule has 0 bridgehead atoms. The van der Waals surface area contributed by atoms with E-state index in [0.717, 1.165) is 0 Å². The Morgan fingerprint density at radius 1 is 1.26 bits per heavy atom. The number of rotatable bonds is 4. The van der Waals surface area contributed by atoms with Crippen LogP contribution >= 0.6 is 0 Å². The zero-order valence-electron chi connectivity index (χ0n) is 11.1. The molecular formula is C14H18O5. The van der Waals surface area contributed by atoms with Gasteiger partial charge in [-0.15, -0.1) is 18.8 Å². The van der Waals surface area contributed by atoms with Crippen LogP contribution in [0.15, 0.2) is 0 Å². The van der Waals surface area contributed by atoms with Gasteiger partial charge in [0.05, 0.1) is 6.61 Å². The number of aliphatic hydroxyl groups is 1. The predicted octanol–water partition coefficient (Wildman–Crippen LogP) is 0.267. The molecule has 0 saturated carbocycles. The normalized spacial score (nSPS) is 39.5. The second kappa shape index (κ2) is 5.13. The smallest absolute Gasteiger partial charge is 0.190 e. The van der Waals surface area contributed by atoms with E-state index in [-0.39, 0.29) is 19.6 Å². The summed E-state index contributed by atoms with van der Waals surface area (Å²) in [5.74, 6) is 4.16. The van der Waals surface area contributed by atoms with Gasteiger partial charge < -0.3 is 24.1 Å². The number of hydrogen-bond donors (Lipinski definition) is 1. The van der Waals surface area contributed by atoms with Gasteiger partial charge in [0, 0.05) is 6.42 Å². The largest absolute Gasteiger partial charge is 0.394 e. The van der Waals surface area contributed by atoms with Gasteiger partial charge in [-0.05, 0) is 13.8 Å². The van der Waals surface area contributed by atoms with Crippen molar-refractivity contribution in [3.63, 3.8) is 0 Å². The van der Waals surface area contributed by atoms with Gasteiger partial charge in [-0.25, -0.2) is 0 Å². The minimum Gasteiger partial charge on any atom is -0.394 e. The van der Waals surface area contributed by atoms with Gasteiger partial charge >= 0.3 is 0 Å². The van der Waals surface area contributed by atoms with Crippen molar-refractivity contribution < 1.29 is 24.1 Å². The van der Waals surface area contributed by atoms with Crippen LogP contribution < -0.4 is 0 Å². The van der Waals surface area contributed by atoms with Crippen LogP contribution in [0.5, 0.6) is 0 Å². The van der Waals surface area contributed by atoms with Crippen molar-refractivity contribution in [1.82, 2.24) is 0 Å². The molecule has 0 spiro atoms. The molecule has 2 aliphatic rings. The maximum atomic E-state index is 9.48. The summed E-state index contributed by atoms with van der Waals surface area (Å²) in [5, 5.41) is 9.48. The second-order valence-electron chi connectivity index (χ2n) is 5.06. The van der Waals surface area contributed by atoms with Crippen LogP contribution in [0.25, 0.3) is 0 Å². The minimum atomic E-state index is -0.978. The summed E-state index contributed by atoms with van der Waals surface area (Å²) in [6, 6.07) is 0. The Balaban J connectivity index is 2.30. The van der Waals surface area contributed by atoms with Crippen LogP contribution in [0.2, 0.25) is 0 Å². The van der Waals surface area contributed by atoms with E-state index in [1.165, 1.54) is 0 Å². The van der Waals surface area contributed by atoms with E-state index < -0.39 is 29.9 Å². The lowest BCUT2D eigenvalue weighted by Crippen LogP contribution is -2.52. The second-order valence-corrected chi connectivity index (χ2v) is 5.06. The lowest BCUT2D eigenvalue weighted by Gasteiger charge is -2.35. The maximum Gasteiger partial charge on any atom is 0.190 e. The highest BCUT2D eigenvalue weighted by Gasteiger charge is 2.64. The molecule has 0 aromatic heterocycles. The molecule has 0 aromatic carbocycles. The Labute approximate surface area is 113 Å². The van der Waals surface area contributed by atoms with E-state index in [1.807, 2.05) is 0 Å². The van der Waals surface area contributed by atoms with Gasteiger partial charge in [-0.1, -0.05) is 5.92 Å². The molecule has 5 nitrogen and oxygen atoms in total. The van der Waals surface area contributed by atoms with Gasteiger partial charge in [0.25, 0.3) is 0 Å². The van der Waals surface area contributed by atoms with Crippen molar-refractivity contribution in [1.29, 1.82) is 0 Å². The SMILES string of the molecule is C#CCO[C@]1(CC#C)[C@@H](CO)O[C@@H]2OC(C)(C)O[C@@H]21. The average Bonchev–Trinajstić information content (AvgIpc) is 2.79. The van der Waals surface area contributed by atoms with Crippen LogP contribution in [-0.2, 0) is 18.9 Å². The number of fused-ring (bicyclic) bond motifs is 1. The summed E-state index contributed by atoms with van der Waals surface area (Å²) in [6.07, 6.45) is 9.13. The molecule has 0 aromatic rings. The Kier molecular flexibility index (Phi) is 3.87. The zero-order valence-corrected chi connectivity index (χ0v) is 11.1. The molecular weight excluding hydrogens is 248 g/mol. The molecule has 2 rings (SSSR count). The first kappa shape index (κ1) is 14.3. The Hall–Kier alpha value is -1.08. The van der Waals surface area contributed by atoms with E-state index in [4.69, 9.17) is 31.8 Å². The van der Waals surface area contributed by atoms with E-state index >= 15 is 0 Å². The monoisotopic (exact) mass is 266 g/mol. The molecule has 2 fully saturated rings. The van der Waals surface area contributed by atoms with Gasteiger partial charge in [0.2, 0.25) is 0 Å². The van der Waals surface area contributed by atoms with E-state index in [1.54, 1.807) is 13.8 Å². The molecule has 2 aliphatic heterocycles. The molecule has 4 atom stereocenters. The molecule has 0 amide bonds. The van der Waals surface area contributed by atoms with Gasteiger partial charge in [-0.3, -0.25) is 0 Å². The first-order valence-corrected chi connectivity index (χ1v) is 6.12. The van der Waals surface area contributed by atoms with Crippen LogP contribution in [-0.4, -0.2) is 48.2 Å². The van der Waals surface area contributed by atoms with Crippen LogP contribution in [0.3, 0.4) is 0 Å². The van der Waals surface area contributed by atoms with E-state index in [2.05, 4.69) is 11.8 Å². The summed E-state index contributed by atoms with van der Waals surface area (Å²) >= 11 is 0. The van der Waals surface area contributed by atoms with Crippen molar-refractivity contribution in [2.24, 2.45) is 0 Å². The van der Waals surface area contributed by atoms with Crippen molar-refractivity contribution >= 4 is 0 Å². The third-order valence-corrected chi connectivity index (χ3v) is 3.35. The first-order valence-electron chi connectivity index (χ1n) is 6.12. The molecule has 0 radical (unpaired) electrons. The van der Waals surface area contributed by atoms with E-state index in [9.17, 15) is 5.11 Å². The number of terminal acetylenes is 2. The van der Waals surface area contributed by atoms with Crippen molar-refractivity contribution in [2.45, 2.75) is 50.2 Å². The van der Waals surface area contributed by atoms with Crippen LogP contribution in [0, 0.1) is 24.7 Å². The first-order chi connectivity index (χ1) is 8.99. The van der Waals surface area contributed by atoms with Crippen LogP contribution in [0.4, 0.5) is 0 Å². The molecule has 0 unspecified atom stereocenters. The number of hydrogen-bond acceptors (Lipinski definition) is 5. The summed E-state index contributed by atoms with van der Waals surface area (Å²) in [7, 11) is 0. The highest BCUT2D eigenvalue weighted by atomic mass is 16.8. The van der Waals surface area contributed by atoms with Crippen molar-refractivity contribution in [2.75, 3.05) is 13.2 Å². The fraction of sp³-hybridized carbons (Fsp3) is 0.714. The lowest BCUT2D eigenvalue weighted by molar-refractivity contribution is -0.238. The topological polar surface area (TPSA) is 57.2 Å². The quantitative estimate of drug-likeness (QED) is 0.740. The van der Waals surface area contributed by atoms with Gasteiger partial charge in [-0.2, -0.15) is 0 Å². The Bertz CT molecular complexity index is 419. The highest BCUT2D eigenvalue weighted by Crippen LogP contribution is 2.46. The molecule has 2 heterocycles. The minimum absolute atomic E-state index is 0.0640. The van der Waals surface area contributed by atoms with Crippen molar-refractivity contribution in [3.05, 3.63) is 0 Å². The molecule has 2 saturated heterocycles. The Morgan fingerprint density at radius 2 is 2.00 bits per heavy atom. The third kappa shape index (κ3) is 2.36. The summed E-state index contributed by atoms with van der Waals surface area (Å²) < 4.78 is 22.8. The third-order valence-electron chi connectivity index (χ3n) is 3.35. The molecule has 0 aliphatic carbocycles. The maximum absolute atomic E-state index is 9.48. The van der Waals surface area contributed by atoms with E-state index in [0.29, 0.717) is 0 Å². The highest BCUT2D eigenvalue weighted by molar-refractivity contribution is 5.12.